The summed E-state index contributed by atoms with van der Waals surface area (Å²) in [6.45, 7) is 3.96. The lowest BCUT2D eigenvalue weighted by molar-refractivity contribution is -0.276. The summed E-state index contributed by atoms with van der Waals surface area (Å²) in [5.41, 5.74) is 5.36. The van der Waals surface area contributed by atoms with E-state index in [1.807, 2.05) is 66.7 Å². The van der Waals surface area contributed by atoms with Crippen molar-refractivity contribution in [2.24, 2.45) is 5.92 Å². The standard InChI is InChI=1S/C44H41F5N2O6/c1-24-35(22-51-15-14-30-18-33(54-2)34(55-3)19-32(30)21-51)56-44(57-42(24)27-12-10-25(23-52)11-13-27)31-9-5-8-29(17-31)28-7-4-6-26(16-28)20-50-43(53)36-37(45)39(47)41(49)40(48)38(36)46/h4-13,16-19,24,35,42,44,52H,14-15,20-23H2,1-3H3,(H,50,53)/t24-,35+,42+,44+/m1/s1. The molecule has 1 fully saturated rings. The van der Waals surface area contributed by atoms with Crippen LogP contribution in [0.25, 0.3) is 11.1 Å². The maximum absolute atomic E-state index is 14.3. The van der Waals surface area contributed by atoms with E-state index in [9.17, 15) is 31.9 Å². The molecular weight excluding hydrogens is 747 g/mol. The normalized spacial score (nSPS) is 19.5. The van der Waals surface area contributed by atoms with Crippen molar-refractivity contribution in [2.75, 3.05) is 27.3 Å². The van der Waals surface area contributed by atoms with E-state index in [-0.39, 0.29) is 31.3 Å². The fraction of sp³-hybridized carbons (Fsp3) is 0.295. The van der Waals surface area contributed by atoms with E-state index in [0.717, 1.165) is 40.8 Å². The van der Waals surface area contributed by atoms with Gasteiger partial charge in [0, 0.05) is 37.7 Å². The van der Waals surface area contributed by atoms with Crippen molar-refractivity contribution in [1.29, 1.82) is 0 Å². The third-order valence-electron chi connectivity index (χ3n) is 10.7. The fourth-order valence-electron chi connectivity index (χ4n) is 7.48. The molecule has 1 saturated heterocycles. The van der Waals surface area contributed by atoms with Gasteiger partial charge in [-0.3, -0.25) is 9.69 Å². The summed E-state index contributed by atoms with van der Waals surface area (Å²) < 4.78 is 94.1. The molecule has 0 bridgehead atoms. The Balaban J connectivity index is 1.12. The Bertz CT molecular complexity index is 2240. The first-order valence-electron chi connectivity index (χ1n) is 18.4. The number of hydrogen-bond acceptors (Lipinski definition) is 7. The molecular formula is C44H41F5N2O6. The predicted molar refractivity (Wildman–Crippen MR) is 201 cm³/mol. The monoisotopic (exact) mass is 788 g/mol. The zero-order chi connectivity index (χ0) is 40.4. The molecule has 0 radical (unpaired) electrons. The number of aliphatic hydroxyl groups excluding tert-OH is 1. The molecule has 298 valence electrons. The lowest BCUT2D eigenvalue weighted by atomic mass is 9.89. The summed E-state index contributed by atoms with van der Waals surface area (Å²) in [5, 5.41) is 11.9. The zero-order valence-corrected chi connectivity index (χ0v) is 31.5. The summed E-state index contributed by atoms with van der Waals surface area (Å²) in [7, 11) is 3.25. The molecule has 13 heteroatoms. The molecule has 2 aliphatic heterocycles. The van der Waals surface area contributed by atoms with Crippen LogP contribution in [0.3, 0.4) is 0 Å². The van der Waals surface area contributed by atoms with E-state index in [1.165, 1.54) is 11.1 Å². The molecule has 2 N–H and O–H groups in total. The molecule has 0 saturated carbocycles. The fourth-order valence-corrected chi connectivity index (χ4v) is 7.48. The summed E-state index contributed by atoms with van der Waals surface area (Å²) in [5.74, 6) is -11.2. The smallest absolute Gasteiger partial charge is 0.257 e. The molecule has 57 heavy (non-hydrogen) atoms. The van der Waals surface area contributed by atoms with Gasteiger partial charge in [0.15, 0.2) is 41.1 Å². The molecule has 2 aliphatic rings. The minimum absolute atomic E-state index is 0.0482. The van der Waals surface area contributed by atoms with E-state index in [2.05, 4.69) is 17.1 Å². The van der Waals surface area contributed by atoms with Gasteiger partial charge in [-0.05, 0) is 69.6 Å². The second kappa shape index (κ2) is 17.0. The molecule has 0 aromatic heterocycles. The van der Waals surface area contributed by atoms with Crippen molar-refractivity contribution in [2.45, 2.75) is 51.5 Å². The highest BCUT2D eigenvalue weighted by molar-refractivity contribution is 5.94. The lowest BCUT2D eigenvalue weighted by Gasteiger charge is -2.43. The van der Waals surface area contributed by atoms with Crippen molar-refractivity contribution in [3.05, 3.63) is 153 Å². The number of rotatable bonds is 11. The van der Waals surface area contributed by atoms with Crippen molar-refractivity contribution < 1.29 is 50.8 Å². The Labute approximate surface area is 326 Å². The third-order valence-corrected chi connectivity index (χ3v) is 10.7. The zero-order valence-electron chi connectivity index (χ0n) is 31.5. The molecule has 0 spiro atoms. The quantitative estimate of drug-likeness (QED) is 0.0791. The van der Waals surface area contributed by atoms with Crippen LogP contribution in [0.15, 0.2) is 84.9 Å². The van der Waals surface area contributed by atoms with Crippen LogP contribution in [0.4, 0.5) is 22.0 Å². The number of ether oxygens (including phenoxy) is 4. The Morgan fingerprint density at radius 3 is 2.07 bits per heavy atom. The van der Waals surface area contributed by atoms with Crippen molar-refractivity contribution in [3.63, 3.8) is 0 Å². The van der Waals surface area contributed by atoms with Gasteiger partial charge in [0.1, 0.15) is 5.56 Å². The van der Waals surface area contributed by atoms with Gasteiger partial charge in [-0.2, -0.15) is 0 Å². The molecule has 0 unspecified atom stereocenters. The molecule has 4 atom stereocenters. The Morgan fingerprint density at radius 1 is 0.772 bits per heavy atom. The number of halogens is 5. The largest absolute Gasteiger partial charge is 0.493 e. The molecule has 5 aromatic carbocycles. The lowest BCUT2D eigenvalue weighted by Crippen LogP contribution is -2.45. The topological polar surface area (TPSA) is 89.5 Å². The van der Waals surface area contributed by atoms with Gasteiger partial charge >= 0.3 is 0 Å². The van der Waals surface area contributed by atoms with Gasteiger partial charge < -0.3 is 29.4 Å². The number of nitrogens with one attached hydrogen (secondary N) is 1. The third kappa shape index (κ3) is 8.24. The predicted octanol–water partition coefficient (Wildman–Crippen LogP) is 8.34. The van der Waals surface area contributed by atoms with E-state index >= 15 is 0 Å². The van der Waals surface area contributed by atoms with Gasteiger partial charge in [-0.25, -0.2) is 22.0 Å². The molecule has 5 aromatic rings. The first-order valence-corrected chi connectivity index (χ1v) is 18.4. The van der Waals surface area contributed by atoms with Gasteiger partial charge in [0.25, 0.3) is 5.91 Å². The van der Waals surface area contributed by atoms with Crippen molar-refractivity contribution in [1.82, 2.24) is 10.2 Å². The number of carbonyl (C=O) groups excluding carboxylic acids is 1. The van der Waals surface area contributed by atoms with Gasteiger partial charge in [-0.1, -0.05) is 67.6 Å². The van der Waals surface area contributed by atoms with Crippen LogP contribution in [0.2, 0.25) is 0 Å². The number of nitrogens with zero attached hydrogens (tertiary/aromatic N) is 1. The Hall–Kier alpha value is -5.34. The second-order valence-corrected chi connectivity index (χ2v) is 14.2. The summed E-state index contributed by atoms with van der Waals surface area (Å²) in [6.07, 6.45) is -0.485. The summed E-state index contributed by atoms with van der Waals surface area (Å²) in [4.78, 5) is 15.0. The molecule has 7 rings (SSSR count). The molecule has 2 heterocycles. The van der Waals surface area contributed by atoms with Crippen LogP contribution in [-0.2, 0) is 35.6 Å². The van der Waals surface area contributed by atoms with Crippen molar-refractivity contribution >= 4 is 5.91 Å². The first kappa shape index (κ1) is 39.9. The minimum atomic E-state index is -2.34. The van der Waals surface area contributed by atoms with Crippen LogP contribution in [0, 0.1) is 35.0 Å². The molecule has 8 nitrogen and oxygen atoms in total. The van der Waals surface area contributed by atoms with E-state index in [1.54, 1.807) is 32.4 Å². The van der Waals surface area contributed by atoms with Crippen LogP contribution in [-0.4, -0.2) is 49.3 Å². The summed E-state index contributed by atoms with van der Waals surface area (Å²) >= 11 is 0. The minimum Gasteiger partial charge on any atom is -0.493 e. The molecule has 0 aliphatic carbocycles. The SMILES string of the molecule is COc1cc2c(cc1OC)CN(C[C@@H]1O[C@H](c3cccc(-c4cccc(CNC(=O)c5c(F)c(F)c(F)c(F)c5F)c4)c3)O[C@H](c3ccc(CO)cc3)[C@@H]1C)CC2. The number of hydrogen-bond donors (Lipinski definition) is 2. The van der Waals surface area contributed by atoms with Gasteiger partial charge in [-0.15, -0.1) is 0 Å². The Morgan fingerprint density at radius 2 is 1.40 bits per heavy atom. The first-order chi connectivity index (χ1) is 27.5. The van der Waals surface area contributed by atoms with E-state index < -0.39 is 46.8 Å². The number of methoxy groups -OCH3 is 2. The molecule has 1 amide bonds. The number of amides is 1. The van der Waals surface area contributed by atoms with Crippen LogP contribution in [0.5, 0.6) is 11.5 Å². The van der Waals surface area contributed by atoms with Crippen LogP contribution in [0.1, 0.15) is 63.1 Å². The highest BCUT2D eigenvalue weighted by atomic mass is 19.2. The maximum atomic E-state index is 14.3. The van der Waals surface area contributed by atoms with E-state index in [4.69, 9.17) is 18.9 Å². The van der Waals surface area contributed by atoms with E-state index in [0.29, 0.717) is 30.2 Å². The Kier molecular flexibility index (Phi) is 11.9. The highest BCUT2D eigenvalue weighted by Gasteiger charge is 2.40. The van der Waals surface area contributed by atoms with Crippen LogP contribution >= 0.6 is 0 Å². The van der Waals surface area contributed by atoms with Gasteiger partial charge in [0.2, 0.25) is 5.82 Å². The number of fused-ring (bicyclic) bond motifs is 1. The maximum Gasteiger partial charge on any atom is 0.257 e. The average molecular weight is 789 g/mol. The number of benzene rings is 5. The van der Waals surface area contributed by atoms with Crippen LogP contribution < -0.4 is 14.8 Å². The number of carbonyl (C=O) groups is 1. The second-order valence-electron chi connectivity index (χ2n) is 14.2. The summed E-state index contributed by atoms with van der Waals surface area (Å²) in [6, 6.07) is 26.4. The van der Waals surface area contributed by atoms with Gasteiger partial charge in [0.05, 0.1) is 33.0 Å². The average Bonchev–Trinajstić information content (AvgIpc) is 3.24. The highest BCUT2D eigenvalue weighted by Crippen LogP contribution is 2.43. The number of aliphatic hydroxyl groups is 1. The van der Waals surface area contributed by atoms with Crippen molar-refractivity contribution in [3.8, 4) is 22.6 Å².